The number of benzene rings is 1. The van der Waals surface area contributed by atoms with Gasteiger partial charge in [-0.1, -0.05) is 23.4 Å². The predicted octanol–water partition coefficient (Wildman–Crippen LogP) is 3.13. The predicted molar refractivity (Wildman–Crippen MR) is 122 cm³/mol. The number of nitrogens with zero attached hydrogens (tertiary/aromatic N) is 2. The van der Waals surface area contributed by atoms with Crippen LogP contribution in [0.5, 0.6) is 0 Å². The van der Waals surface area contributed by atoms with E-state index in [1.54, 1.807) is 0 Å². The van der Waals surface area contributed by atoms with Crippen molar-refractivity contribution in [1.29, 1.82) is 0 Å². The van der Waals surface area contributed by atoms with Crippen molar-refractivity contribution in [1.82, 2.24) is 15.8 Å². The molecular formula is C20H28IN5O2. The van der Waals surface area contributed by atoms with Crippen LogP contribution in [0.3, 0.4) is 0 Å². The first kappa shape index (κ1) is 22.2. The Labute approximate surface area is 182 Å². The van der Waals surface area contributed by atoms with Crippen LogP contribution in [0.1, 0.15) is 41.8 Å². The molecule has 0 saturated carbocycles. The minimum absolute atomic E-state index is 0. The largest absolute Gasteiger partial charge is 0.361 e. The monoisotopic (exact) mass is 497 g/mol. The lowest BCUT2D eigenvalue weighted by molar-refractivity contribution is -0.116. The van der Waals surface area contributed by atoms with Crippen molar-refractivity contribution in [2.24, 2.45) is 4.99 Å². The van der Waals surface area contributed by atoms with Gasteiger partial charge in [0.05, 0.1) is 12.2 Å². The molecule has 1 aromatic heterocycles. The fourth-order valence-electron chi connectivity index (χ4n) is 3.37. The highest BCUT2D eigenvalue weighted by molar-refractivity contribution is 14.0. The normalized spacial score (nSPS) is 16.0. The van der Waals surface area contributed by atoms with Crippen LogP contribution in [0.15, 0.2) is 33.8 Å². The van der Waals surface area contributed by atoms with E-state index in [-0.39, 0.29) is 35.8 Å². The highest BCUT2D eigenvalue weighted by Crippen LogP contribution is 2.31. The van der Waals surface area contributed by atoms with Crippen molar-refractivity contribution in [2.75, 3.05) is 25.0 Å². The van der Waals surface area contributed by atoms with E-state index in [0.29, 0.717) is 13.0 Å². The summed E-state index contributed by atoms with van der Waals surface area (Å²) in [6.07, 6.45) is 1.28. The van der Waals surface area contributed by atoms with Crippen LogP contribution in [0.25, 0.3) is 0 Å². The number of anilines is 1. The quantitative estimate of drug-likeness (QED) is 0.324. The third-order valence-electron chi connectivity index (χ3n) is 4.77. The molecule has 2 aromatic rings. The van der Waals surface area contributed by atoms with Gasteiger partial charge in [-0.05, 0) is 38.8 Å². The van der Waals surface area contributed by atoms with Crippen LogP contribution in [-0.4, -0.2) is 36.7 Å². The van der Waals surface area contributed by atoms with Gasteiger partial charge < -0.3 is 20.5 Å². The second kappa shape index (κ2) is 10.4. The summed E-state index contributed by atoms with van der Waals surface area (Å²) in [5.41, 5.74) is 4.11. The number of aryl methyl sites for hydroxylation is 2. The Kier molecular flexibility index (Phi) is 8.28. The van der Waals surface area contributed by atoms with Crippen LogP contribution in [0.2, 0.25) is 0 Å². The number of amides is 1. The summed E-state index contributed by atoms with van der Waals surface area (Å²) >= 11 is 0. The Morgan fingerprint density at radius 2 is 2.11 bits per heavy atom. The van der Waals surface area contributed by atoms with E-state index in [4.69, 9.17) is 9.52 Å². The van der Waals surface area contributed by atoms with Gasteiger partial charge in [0.25, 0.3) is 0 Å². The summed E-state index contributed by atoms with van der Waals surface area (Å²) < 4.78 is 5.21. The molecule has 0 saturated heterocycles. The molecule has 3 N–H and O–H groups in total. The Morgan fingerprint density at radius 3 is 2.82 bits per heavy atom. The first-order valence-electron chi connectivity index (χ1n) is 9.41. The summed E-state index contributed by atoms with van der Waals surface area (Å²) in [5, 5.41) is 13.5. The molecule has 1 atom stereocenters. The van der Waals surface area contributed by atoms with Crippen LogP contribution in [0, 0.1) is 13.8 Å². The molecule has 28 heavy (non-hydrogen) atoms. The smallest absolute Gasteiger partial charge is 0.225 e. The topological polar surface area (TPSA) is 91.5 Å². The number of aliphatic imine (C=N–C) groups is 1. The lowest BCUT2D eigenvalue weighted by Gasteiger charge is -2.24. The SMILES string of the molecule is CCNC(=NCC1CC(=O)Nc2ccccc21)NCCc1c(C)noc1C.I. The van der Waals surface area contributed by atoms with Crippen LogP contribution < -0.4 is 16.0 Å². The van der Waals surface area contributed by atoms with E-state index in [2.05, 4.69) is 27.2 Å². The number of aromatic nitrogens is 1. The summed E-state index contributed by atoms with van der Waals surface area (Å²) in [4.78, 5) is 16.7. The molecule has 1 aliphatic heterocycles. The zero-order chi connectivity index (χ0) is 19.2. The summed E-state index contributed by atoms with van der Waals surface area (Å²) in [6.45, 7) is 7.99. The van der Waals surface area contributed by atoms with Gasteiger partial charge in [0.15, 0.2) is 5.96 Å². The van der Waals surface area contributed by atoms with Crippen molar-refractivity contribution < 1.29 is 9.32 Å². The molecule has 0 aliphatic carbocycles. The molecule has 0 radical (unpaired) electrons. The fraction of sp³-hybridized carbons (Fsp3) is 0.450. The molecule has 1 aromatic carbocycles. The highest BCUT2D eigenvalue weighted by Gasteiger charge is 2.24. The molecule has 8 heteroatoms. The van der Waals surface area contributed by atoms with Gasteiger partial charge >= 0.3 is 0 Å². The van der Waals surface area contributed by atoms with Gasteiger partial charge in [-0.2, -0.15) is 0 Å². The summed E-state index contributed by atoms with van der Waals surface area (Å²) in [7, 11) is 0. The number of halogens is 1. The standard InChI is InChI=1S/C20H27N5O2.HI/c1-4-21-20(22-10-9-16-13(2)25-27-14(16)3)23-12-15-11-19(26)24-18-8-6-5-7-17(15)18;/h5-8,15H,4,9-12H2,1-3H3,(H,24,26)(H2,21,22,23);1H. The number of para-hydroxylation sites is 1. The van der Waals surface area contributed by atoms with Gasteiger partial charge in [-0.25, -0.2) is 0 Å². The number of guanidine groups is 1. The number of hydrogen-bond donors (Lipinski definition) is 3. The lowest BCUT2D eigenvalue weighted by atomic mass is 9.91. The van der Waals surface area contributed by atoms with Gasteiger partial charge in [-0.15, -0.1) is 24.0 Å². The first-order valence-corrected chi connectivity index (χ1v) is 9.41. The zero-order valence-corrected chi connectivity index (χ0v) is 18.9. The first-order chi connectivity index (χ1) is 13.1. The van der Waals surface area contributed by atoms with Crippen molar-refractivity contribution in [3.8, 4) is 0 Å². The molecule has 0 spiro atoms. The van der Waals surface area contributed by atoms with Crippen LogP contribution >= 0.6 is 24.0 Å². The van der Waals surface area contributed by atoms with E-state index >= 15 is 0 Å². The molecular weight excluding hydrogens is 469 g/mol. The minimum Gasteiger partial charge on any atom is -0.361 e. The van der Waals surface area contributed by atoms with Gasteiger partial charge in [-0.3, -0.25) is 9.79 Å². The number of carbonyl (C=O) groups excluding carboxylic acids is 1. The number of nitrogens with one attached hydrogen (secondary N) is 3. The maximum atomic E-state index is 12.0. The fourth-order valence-corrected chi connectivity index (χ4v) is 3.37. The Bertz CT molecular complexity index is 814. The molecule has 0 fully saturated rings. The molecule has 1 amide bonds. The second-order valence-corrected chi connectivity index (χ2v) is 6.74. The van der Waals surface area contributed by atoms with Gasteiger partial charge in [0.2, 0.25) is 5.91 Å². The van der Waals surface area contributed by atoms with E-state index in [1.165, 1.54) is 0 Å². The average molecular weight is 497 g/mol. The molecule has 2 heterocycles. The minimum atomic E-state index is 0. The summed E-state index contributed by atoms with van der Waals surface area (Å²) in [6, 6.07) is 7.94. The maximum absolute atomic E-state index is 12.0. The number of rotatable bonds is 6. The highest BCUT2D eigenvalue weighted by atomic mass is 127. The van der Waals surface area contributed by atoms with E-state index in [0.717, 1.165) is 53.7 Å². The number of hydrogen-bond acceptors (Lipinski definition) is 4. The van der Waals surface area contributed by atoms with Crippen LogP contribution in [0.4, 0.5) is 5.69 Å². The Morgan fingerprint density at radius 1 is 1.32 bits per heavy atom. The lowest BCUT2D eigenvalue weighted by Crippen LogP contribution is -2.39. The zero-order valence-electron chi connectivity index (χ0n) is 16.5. The third-order valence-corrected chi connectivity index (χ3v) is 4.77. The summed E-state index contributed by atoms with van der Waals surface area (Å²) in [5.74, 6) is 1.76. The van der Waals surface area contributed by atoms with E-state index in [1.807, 2.05) is 39.0 Å². The van der Waals surface area contributed by atoms with E-state index in [9.17, 15) is 4.79 Å². The van der Waals surface area contributed by atoms with Crippen LogP contribution in [-0.2, 0) is 11.2 Å². The Hall–Kier alpha value is -2.10. The number of carbonyl (C=O) groups is 1. The Balaban J connectivity index is 0.00000280. The van der Waals surface area contributed by atoms with Gasteiger partial charge in [0, 0.05) is 36.7 Å². The molecule has 3 rings (SSSR count). The third kappa shape index (κ3) is 5.46. The maximum Gasteiger partial charge on any atom is 0.225 e. The molecule has 0 bridgehead atoms. The molecule has 1 aliphatic rings. The van der Waals surface area contributed by atoms with E-state index < -0.39 is 0 Å². The second-order valence-electron chi connectivity index (χ2n) is 6.74. The molecule has 1 unspecified atom stereocenters. The average Bonchev–Trinajstić information content (AvgIpc) is 2.97. The van der Waals surface area contributed by atoms with Crippen molar-refractivity contribution in [2.45, 2.75) is 39.5 Å². The van der Waals surface area contributed by atoms with Gasteiger partial charge in [0.1, 0.15) is 5.76 Å². The van der Waals surface area contributed by atoms with Crippen molar-refractivity contribution in [3.05, 3.63) is 46.8 Å². The molecule has 152 valence electrons. The molecule has 7 nitrogen and oxygen atoms in total. The van der Waals surface area contributed by atoms with Crippen molar-refractivity contribution in [3.63, 3.8) is 0 Å². The van der Waals surface area contributed by atoms with Crippen molar-refractivity contribution >= 4 is 41.5 Å². The number of fused-ring (bicyclic) bond motifs is 1.